The van der Waals surface area contributed by atoms with Crippen molar-refractivity contribution in [1.82, 2.24) is 20.0 Å². The average molecular weight is 579 g/mol. The first-order valence-electron chi connectivity index (χ1n) is 15.2. The van der Waals surface area contributed by atoms with Gasteiger partial charge in [0, 0.05) is 42.9 Å². The summed E-state index contributed by atoms with van der Waals surface area (Å²) in [7, 11) is 1.90. The van der Waals surface area contributed by atoms with Crippen LogP contribution in [0.5, 0.6) is 0 Å². The zero-order valence-corrected chi connectivity index (χ0v) is 25.7. The van der Waals surface area contributed by atoms with Gasteiger partial charge in [-0.1, -0.05) is 51.3 Å². The molecule has 8 nitrogen and oxygen atoms in total. The van der Waals surface area contributed by atoms with Crippen molar-refractivity contribution in [2.75, 3.05) is 24.5 Å². The Morgan fingerprint density at radius 1 is 0.976 bits per heavy atom. The number of hydrogen-bond donors (Lipinski definition) is 3. The van der Waals surface area contributed by atoms with Crippen molar-refractivity contribution < 1.29 is 9.59 Å². The lowest BCUT2D eigenvalue weighted by molar-refractivity contribution is -0.120. The summed E-state index contributed by atoms with van der Waals surface area (Å²) < 4.78 is 1.83. The molecule has 1 aromatic heterocycles. The fourth-order valence-electron chi connectivity index (χ4n) is 5.95. The number of benzene rings is 2. The third-order valence-electron chi connectivity index (χ3n) is 8.19. The summed E-state index contributed by atoms with van der Waals surface area (Å²) in [6.07, 6.45) is 9.19. The van der Waals surface area contributed by atoms with Gasteiger partial charge in [0.2, 0.25) is 5.91 Å². The van der Waals surface area contributed by atoms with Crippen LogP contribution in [0.25, 0.3) is 10.9 Å². The van der Waals surface area contributed by atoms with Crippen LogP contribution in [0, 0.1) is 0 Å². The topological polar surface area (TPSA) is 96.5 Å². The van der Waals surface area contributed by atoms with Gasteiger partial charge < -0.3 is 5.73 Å². The molecule has 6 rings (SSSR count). The van der Waals surface area contributed by atoms with Crippen LogP contribution in [0.1, 0.15) is 82.3 Å². The molecule has 2 aromatic carbocycles. The fourth-order valence-corrected chi connectivity index (χ4v) is 6.20. The second-order valence-electron chi connectivity index (χ2n) is 11.1. The maximum absolute atomic E-state index is 12.3. The monoisotopic (exact) mass is 578 g/mol. The molecule has 3 fully saturated rings. The third-order valence-corrected chi connectivity index (χ3v) is 8.47. The first-order chi connectivity index (χ1) is 19.9. The SMILES string of the molecule is CC.Cn1nc(N2CCC(=O)NC2=O)c2ccc(C3CCN(Cc4cccc(S)c4)CC3)cc21.NC1CCCCC1. The van der Waals surface area contributed by atoms with Crippen molar-refractivity contribution in [1.29, 1.82) is 0 Å². The molecule has 3 amide bonds. The Morgan fingerprint density at radius 3 is 2.34 bits per heavy atom. The Labute approximate surface area is 250 Å². The second kappa shape index (κ2) is 14.8. The summed E-state index contributed by atoms with van der Waals surface area (Å²) in [5.74, 6) is 0.889. The van der Waals surface area contributed by atoms with Gasteiger partial charge in [-0.15, -0.1) is 12.6 Å². The van der Waals surface area contributed by atoms with Crippen molar-refractivity contribution in [3.63, 3.8) is 0 Å². The minimum Gasteiger partial charge on any atom is -0.328 e. The van der Waals surface area contributed by atoms with Gasteiger partial charge in [0.15, 0.2) is 5.82 Å². The van der Waals surface area contributed by atoms with E-state index < -0.39 is 6.03 Å². The number of nitrogens with zero attached hydrogens (tertiary/aromatic N) is 4. The van der Waals surface area contributed by atoms with E-state index in [0.29, 0.717) is 30.7 Å². The summed E-state index contributed by atoms with van der Waals surface area (Å²) >= 11 is 4.45. The molecule has 0 unspecified atom stereocenters. The van der Waals surface area contributed by atoms with E-state index in [1.54, 1.807) is 4.90 Å². The maximum Gasteiger partial charge on any atom is 0.329 e. The van der Waals surface area contributed by atoms with Gasteiger partial charge >= 0.3 is 6.03 Å². The molecule has 1 aliphatic carbocycles. The molecule has 222 valence electrons. The van der Waals surface area contributed by atoms with Crippen LogP contribution >= 0.6 is 12.6 Å². The Bertz CT molecular complexity index is 1310. The number of urea groups is 1. The summed E-state index contributed by atoms with van der Waals surface area (Å²) in [6, 6.07) is 15.0. The van der Waals surface area contributed by atoms with Gasteiger partial charge in [0.1, 0.15) is 0 Å². The maximum atomic E-state index is 12.3. The van der Waals surface area contributed by atoms with Gasteiger partial charge in [-0.25, -0.2) is 4.79 Å². The lowest BCUT2D eigenvalue weighted by Crippen LogP contribution is -2.49. The van der Waals surface area contributed by atoms with E-state index in [2.05, 4.69) is 64.3 Å². The van der Waals surface area contributed by atoms with Crippen LogP contribution in [0.15, 0.2) is 47.4 Å². The fraction of sp³-hybridized carbons (Fsp3) is 0.531. The van der Waals surface area contributed by atoms with Gasteiger partial charge in [-0.05, 0) is 80.1 Å². The molecule has 0 atom stereocenters. The van der Waals surface area contributed by atoms with Crippen molar-refractivity contribution in [2.45, 2.75) is 88.6 Å². The number of imide groups is 1. The zero-order valence-electron chi connectivity index (χ0n) is 24.8. The molecule has 0 spiro atoms. The summed E-state index contributed by atoms with van der Waals surface area (Å²) in [5.41, 5.74) is 9.27. The minimum absolute atomic E-state index is 0.238. The number of hydrogen-bond acceptors (Lipinski definition) is 6. The molecule has 0 bridgehead atoms. The van der Waals surface area contributed by atoms with Gasteiger partial charge in [0.25, 0.3) is 0 Å². The second-order valence-corrected chi connectivity index (χ2v) is 11.6. The van der Waals surface area contributed by atoms with Crippen LogP contribution < -0.4 is 16.0 Å². The van der Waals surface area contributed by atoms with Crippen LogP contribution in [0.3, 0.4) is 0 Å². The van der Waals surface area contributed by atoms with E-state index in [4.69, 9.17) is 5.73 Å². The molecule has 3 N–H and O–H groups in total. The van der Waals surface area contributed by atoms with Crippen molar-refractivity contribution in [3.05, 3.63) is 53.6 Å². The van der Waals surface area contributed by atoms with Gasteiger partial charge in [0.05, 0.1) is 5.52 Å². The summed E-state index contributed by atoms with van der Waals surface area (Å²) in [4.78, 5) is 28.9. The van der Waals surface area contributed by atoms with E-state index >= 15 is 0 Å². The van der Waals surface area contributed by atoms with Crippen LogP contribution in [-0.2, 0) is 18.4 Å². The van der Waals surface area contributed by atoms with Gasteiger partial charge in [-0.3, -0.25) is 24.6 Å². The molecule has 3 heterocycles. The predicted octanol–water partition coefficient (Wildman–Crippen LogP) is 5.99. The highest BCUT2D eigenvalue weighted by atomic mass is 32.1. The number of fused-ring (bicyclic) bond motifs is 1. The van der Waals surface area contributed by atoms with E-state index in [1.807, 2.05) is 31.6 Å². The minimum atomic E-state index is -0.402. The number of nitrogens with two attached hydrogens (primary N) is 1. The smallest absolute Gasteiger partial charge is 0.328 e. The number of amides is 3. The van der Waals surface area contributed by atoms with Crippen LogP contribution in [-0.4, -0.2) is 52.3 Å². The number of piperidine rings is 1. The first kappa shape index (κ1) is 31.1. The first-order valence-corrected chi connectivity index (χ1v) is 15.7. The molecule has 3 aliphatic rings. The van der Waals surface area contributed by atoms with E-state index in [1.165, 1.54) is 43.2 Å². The number of nitrogens with one attached hydrogen (secondary N) is 1. The molecular weight excluding hydrogens is 532 g/mol. The summed E-state index contributed by atoms with van der Waals surface area (Å²) in [6.45, 7) is 7.45. The van der Waals surface area contributed by atoms with Crippen LogP contribution in [0.2, 0.25) is 0 Å². The molecule has 1 saturated carbocycles. The van der Waals surface area contributed by atoms with E-state index in [0.717, 1.165) is 48.3 Å². The van der Waals surface area contributed by atoms with Crippen LogP contribution in [0.4, 0.5) is 10.6 Å². The number of rotatable bonds is 4. The van der Waals surface area contributed by atoms with E-state index in [9.17, 15) is 9.59 Å². The average Bonchev–Trinajstić information content (AvgIpc) is 3.30. The Kier molecular flexibility index (Phi) is 11.2. The molecule has 9 heteroatoms. The molecular formula is C32H46N6O2S. The number of carbonyl (C=O) groups excluding carboxylic acids is 2. The number of thiol groups is 1. The number of anilines is 1. The van der Waals surface area contributed by atoms with Crippen molar-refractivity contribution >= 4 is 41.3 Å². The quantitative estimate of drug-likeness (QED) is 0.331. The Morgan fingerprint density at radius 2 is 1.71 bits per heavy atom. The number of aryl methyl sites for hydroxylation is 1. The normalized spacial score (nSPS) is 18.8. The highest BCUT2D eigenvalue weighted by molar-refractivity contribution is 7.80. The lowest BCUT2D eigenvalue weighted by atomic mass is 9.89. The van der Waals surface area contributed by atoms with Gasteiger partial charge in [-0.2, -0.15) is 5.10 Å². The Hall–Kier alpha value is -2.88. The highest BCUT2D eigenvalue weighted by Crippen LogP contribution is 2.34. The zero-order chi connectivity index (χ0) is 29.4. The highest BCUT2D eigenvalue weighted by Gasteiger charge is 2.28. The Balaban J connectivity index is 0.000000372. The van der Waals surface area contributed by atoms with E-state index in [-0.39, 0.29) is 5.91 Å². The lowest BCUT2D eigenvalue weighted by Gasteiger charge is -2.32. The number of aromatic nitrogens is 2. The number of likely N-dealkylation sites (tertiary alicyclic amines) is 1. The van der Waals surface area contributed by atoms with Crippen molar-refractivity contribution in [3.8, 4) is 0 Å². The number of carbonyl (C=O) groups is 2. The standard InChI is InChI=1S/C24H27N5O2S.C6H13N.C2H6/c1-27-21-14-18(5-6-20(21)23(26-27)29-12-9-22(30)25-24(29)31)17-7-10-28(11-8-17)15-16-3-2-4-19(32)13-16;7-6-4-2-1-3-5-6;1-2/h2-6,13-14,17,32H,7-12,15H2,1H3,(H,25,30,31);6H,1-5,7H2;1-2H3. The molecule has 41 heavy (non-hydrogen) atoms. The molecule has 2 saturated heterocycles. The largest absolute Gasteiger partial charge is 0.329 e. The molecule has 0 radical (unpaired) electrons. The van der Waals surface area contributed by atoms with Crippen molar-refractivity contribution in [2.24, 2.45) is 12.8 Å². The predicted molar refractivity (Wildman–Crippen MR) is 170 cm³/mol. The summed E-state index contributed by atoms with van der Waals surface area (Å²) in [5, 5.41) is 7.91. The molecule has 3 aromatic rings. The third kappa shape index (κ3) is 8.11. The molecule has 2 aliphatic heterocycles.